The molecule has 3 aromatic heterocycles. The summed E-state index contributed by atoms with van der Waals surface area (Å²) in [5.41, 5.74) is 6.51. The Morgan fingerprint density at radius 2 is 0.977 bits per heavy atom. The van der Waals surface area contributed by atoms with E-state index in [1.165, 1.54) is 42.0 Å². The van der Waals surface area contributed by atoms with Gasteiger partial charge in [0.2, 0.25) is 0 Å². The van der Waals surface area contributed by atoms with Crippen LogP contribution in [0.3, 0.4) is 0 Å². The van der Waals surface area contributed by atoms with Gasteiger partial charge >= 0.3 is 0 Å². The van der Waals surface area contributed by atoms with Gasteiger partial charge in [-0.15, -0.1) is 11.3 Å². The SMILES string of the molecule is c1ccc(-c2nc(-c3ccccc3)nc(-c3cccc4c3sc3ccc(-n5c6ccccc6c6ccccc65)cc34)n2)cc1. The molecule has 6 aromatic carbocycles. The van der Waals surface area contributed by atoms with Crippen LogP contribution in [0.25, 0.3) is 81.8 Å². The third-order valence-corrected chi connectivity index (χ3v) is 9.48. The Labute approximate surface area is 257 Å². The average Bonchev–Trinajstić information content (AvgIpc) is 3.64. The van der Waals surface area contributed by atoms with E-state index in [2.05, 4.69) is 89.5 Å². The number of hydrogen-bond donors (Lipinski definition) is 0. The fourth-order valence-electron chi connectivity index (χ4n) is 6.23. The zero-order valence-corrected chi connectivity index (χ0v) is 24.4. The fourth-order valence-corrected chi connectivity index (χ4v) is 7.42. The molecule has 5 heteroatoms. The number of aromatic nitrogens is 4. The molecule has 0 fully saturated rings. The minimum absolute atomic E-state index is 0.668. The topological polar surface area (TPSA) is 43.6 Å². The van der Waals surface area contributed by atoms with Crippen molar-refractivity contribution < 1.29 is 0 Å². The van der Waals surface area contributed by atoms with Gasteiger partial charge in [-0.2, -0.15) is 0 Å². The van der Waals surface area contributed by atoms with E-state index in [1.807, 2.05) is 60.7 Å². The lowest BCUT2D eigenvalue weighted by atomic mass is 10.1. The second-order valence-corrected chi connectivity index (χ2v) is 11.9. The summed E-state index contributed by atoms with van der Waals surface area (Å²) >= 11 is 1.79. The molecule has 0 spiro atoms. The van der Waals surface area contributed by atoms with Gasteiger partial charge in [0.1, 0.15) is 0 Å². The van der Waals surface area contributed by atoms with E-state index in [4.69, 9.17) is 15.0 Å². The number of para-hydroxylation sites is 2. The van der Waals surface area contributed by atoms with E-state index in [1.54, 1.807) is 11.3 Å². The lowest BCUT2D eigenvalue weighted by molar-refractivity contribution is 1.08. The highest BCUT2D eigenvalue weighted by Gasteiger charge is 2.18. The Hall–Kier alpha value is -5.65. The standard InChI is InChI=1S/C39H24N4S/c1-3-12-25(13-4-1)37-40-38(26-14-5-2-6-15-26)42-39(41-37)31-19-11-18-30-32-24-27(22-23-35(32)44-36(30)31)43-33-20-9-7-16-28(33)29-17-8-10-21-34(29)43/h1-24H. The molecule has 0 aliphatic carbocycles. The number of rotatable bonds is 4. The molecular weight excluding hydrogens is 557 g/mol. The molecule has 44 heavy (non-hydrogen) atoms. The quantitative estimate of drug-likeness (QED) is 0.208. The Balaban J connectivity index is 1.26. The zero-order chi connectivity index (χ0) is 29.0. The van der Waals surface area contributed by atoms with Crippen LogP contribution in [0.4, 0.5) is 0 Å². The maximum Gasteiger partial charge on any atom is 0.165 e. The molecule has 0 atom stereocenters. The summed E-state index contributed by atoms with van der Waals surface area (Å²) in [6.45, 7) is 0. The van der Waals surface area contributed by atoms with E-state index in [0.717, 1.165) is 22.4 Å². The van der Waals surface area contributed by atoms with Crippen molar-refractivity contribution in [3.05, 3.63) is 146 Å². The van der Waals surface area contributed by atoms with Crippen molar-refractivity contribution in [3.8, 4) is 39.9 Å². The predicted octanol–water partition coefficient (Wildman–Crippen LogP) is 10.3. The van der Waals surface area contributed by atoms with Gasteiger partial charge in [-0.1, -0.05) is 109 Å². The smallest absolute Gasteiger partial charge is 0.165 e. The summed E-state index contributed by atoms with van der Waals surface area (Å²) < 4.78 is 4.78. The van der Waals surface area contributed by atoms with Crippen LogP contribution in [0, 0.1) is 0 Å². The first kappa shape index (κ1) is 24.9. The van der Waals surface area contributed by atoms with E-state index < -0.39 is 0 Å². The normalized spacial score (nSPS) is 11.6. The monoisotopic (exact) mass is 580 g/mol. The van der Waals surface area contributed by atoms with Crippen LogP contribution in [0.1, 0.15) is 0 Å². The first-order valence-corrected chi connectivity index (χ1v) is 15.4. The number of thiophene rings is 1. The van der Waals surface area contributed by atoms with Crippen LogP contribution in [0.15, 0.2) is 146 Å². The minimum atomic E-state index is 0.668. The summed E-state index contributed by atoms with van der Waals surface area (Å²) in [6.07, 6.45) is 0. The van der Waals surface area contributed by atoms with Crippen LogP contribution < -0.4 is 0 Å². The third kappa shape index (κ3) is 3.94. The van der Waals surface area contributed by atoms with Crippen LogP contribution >= 0.6 is 11.3 Å². The molecule has 0 saturated heterocycles. The Morgan fingerprint density at radius 1 is 0.432 bits per heavy atom. The largest absolute Gasteiger partial charge is 0.309 e. The van der Waals surface area contributed by atoms with Gasteiger partial charge in [-0.05, 0) is 36.4 Å². The maximum absolute atomic E-state index is 5.03. The van der Waals surface area contributed by atoms with Crippen molar-refractivity contribution in [2.45, 2.75) is 0 Å². The second-order valence-electron chi connectivity index (χ2n) is 10.9. The van der Waals surface area contributed by atoms with Crippen LogP contribution in [0.2, 0.25) is 0 Å². The lowest BCUT2D eigenvalue weighted by Gasteiger charge is -2.09. The summed E-state index contributed by atoms with van der Waals surface area (Å²) in [6, 6.07) is 50.8. The molecule has 0 bridgehead atoms. The van der Waals surface area contributed by atoms with Crippen molar-refractivity contribution in [1.29, 1.82) is 0 Å². The number of benzene rings is 6. The van der Waals surface area contributed by atoms with Gasteiger partial charge in [0, 0.05) is 53.3 Å². The average molecular weight is 581 g/mol. The molecular formula is C39H24N4S. The van der Waals surface area contributed by atoms with Crippen molar-refractivity contribution in [2.24, 2.45) is 0 Å². The molecule has 206 valence electrons. The van der Waals surface area contributed by atoms with Gasteiger partial charge in [0.15, 0.2) is 17.5 Å². The molecule has 9 aromatic rings. The molecule has 0 amide bonds. The van der Waals surface area contributed by atoms with Gasteiger partial charge in [-0.25, -0.2) is 15.0 Å². The number of hydrogen-bond acceptors (Lipinski definition) is 4. The van der Waals surface area contributed by atoms with E-state index in [-0.39, 0.29) is 0 Å². The van der Waals surface area contributed by atoms with Crippen molar-refractivity contribution >= 4 is 53.3 Å². The van der Waals surface area contributed by atoms with Gasteiger partial charge < -0.3 is 4.57 Å². The summed E-state index contributed by atoms with van der Waals surface area (Å²) in [7, 11) is 0. The molecule has 0 aliphatic heterocycles. The molecule has 0 aliphatic rings. The molecule has 0 N–H and O–H groups in total. The third-order valence-electron chi connectivity index (χ3n) is 8.26. The highest BCUT2D eigenvalue weighted by molar-refractivity contribution is 7.26. The highest BCUT2D eigenvalue weighted by atomic mass is 32.1. The summed E-state index contributed by atoms with van der Waals surface area (Å²) in [5.74, 6) is 2.01. The Morgan fingerprint density at radius 3 is 1.61 bits per heavy atom. The van der Waals surface area contributed by atoms with Crippen molar-refractivity contribution in [1.82, 2.24) is 19.5 Å². The van der Waals surface area contributed by atoms with Crippen LogP contribution in [-0.2, 0) is 0 Å². The Bertz CT molecular complexity index is 2380. The number of nitrogens with zero attached hydrogens (tertiary/aromatic N) is 4. The van der Waals surface area contributed by atoms with Crippen molar-refractivity contribution in [2.75, 3.05) is 0 Å². The van der Waals surface area contributed by atoms with Gasteiger partial charge in [0.05, 0.1) is 11.0 Å². The highest BCUT2D eigenvalue weighted by Crippen LogP contribution is 2.41. The first-order valence-electron chi connectivity index (χ1n) is 14.6. The molecule has 0 saturated carbocycles. The molecule has 0 unspecified atom stereocenters. The molecule has 4 nitrogen and oxygen atoms in total. The maximum atomic E-state index is 5.03. The van der Waals surface area contributed by atoms with Crippen LogP contribution in [0.5, 0.6) is 0 Å². The predicted molar refractivity (Wildman–Crippen MR) is 183 cm³/mol. The first-order chi connectivity index (χ1) is 21.8. The number of fused-ring (bicyclic) bond motifs is 6. The summed E-state index contributed by atoms with van der Waals surface area (Å²) in [4.78, 5) is 14.9. The molecule has 0 radical (unpaired) electrons. The summed E-state index contributed by atoms with van der Waals surface area (Å²) in [5, 5.41) is 4.96. The Kier molecular flexibility index (Phi) is 5.64. The van der Waals surface area contributed by atoms with Crippen LogP contribution in [-0.4, -0.2) is 19.5 Å². The lowest BCUT2D eigenvalue weighted by Crippen LogP contribution is -2.00. The van der Waals surface area contributed by atoms with Gasteiger partial charge in [-0.3, -0.25) is 0 Å². The van der Waals surface area contributed by atoms with E-state index in [9.17, 15) is 0 Å². The molecule has 9 rings (SSSR count). The van der Waals surface area contributed by atoms with Gasteiger partial charge in [0.25, 0.3) is 0 Å². The second kappa shape index (κ2) is 9.97. The fraction of sp³-hybridized carbons (Fsp3) is 0. The van der Waals surface area contributed by atoms with E-state index in [0.29, 0.717) is 17.5 Å². The zero-order valence-electron chi connectivity index (χ0n) is 23.6. The van der Waals surface area contributed by atoms with E-state index >= 15 is 0 Å². The minimum Gasteiger partial charge on any atom is -0.309 e. The van der Waals surface area contributed by atoms with Crippen molar-refractivity contribution in [3.63, 3.8) is 0 Å². The molecule has 3 heterocycles.